The molecule has 14 nitrogen and oxygen atoms in total. The Morgan fingerprint density at radius 2 is 1.61 bits per heavy atom. The van der Waals surface area contributed by atoms with Gasteiger partial charge < -0.3 is 40.2 Å². The van der Waals surface area contributed by atoms with Gasteiger partial charge in [-0.25, -0.2) is 19.0 Å². The Kier molecular flexibility index (Phi) is 13.4. The zero-order valence-corrected chi connectivity index (χ0v) is 37.4. The first-order chi connectivity index (χ1) is 31.0. The first-order valence-corrected chi connectivity index (χ1v) is 22.8. The molecule has 332 valence electrons. The molecule has 4 unspecified atom stereocenters. The van der Waals surface area contributed by atoms with Crippen molar-refractivity contribution in [2.24, 2.45) is 10.9 Å². The quantitative estimate of drug-likeness (QED) is 0.0998. The maximum atomic E-state index is 13.7. The number of benzene rings is 3. The van der Waals surface area contributed by atoms with Crippen LogP contribution in [0.1, 0.15) is 50.2 Å². The van der Waals surface area contributed by atoms with E-state index in [2.05, 4.69) is 72.8 Å². The molecule has 4 atom stereocenters. The number of alkyl carbamates (subject to hydrolysis) is 2. The molecule has 1 fully saturated rings. The summed E-state index contributed by atoms with van der Waals surface area (Å²) in [5.41, 5.74) is 7.45. The van der Waals surface area contributed by atoms with Gasteiger partial charge in [-0.15, -0.1) is 22.7 Å². The molecule has 9 rings (SSSR count). The lowest BCUT2D eigenvalue weighted by Gasteiger charge is -2.29. The maximum absolute atomic E-state index is 13.7. The van der Waals surface area contributed by atoms with Gasteiger partial charge in [-0.2, -0.15) is 0 Å². The minimum atomic E-state index is -0.688. The van der Waals surface area contributed by atoms with Crippen molar-refractivity contribution in [1.29, 1.82) is 0 Å². The molecule has 3 aliphatic rings. The number of imidazole rings is 1. The second-order valence-corrected chi connectivity index (χ2v) is 17.7. The van der Waals surface area contributed by atoms with Crippen LogP contribution in [0.3, 0.4) is 0 Å². The Bertz CT molecular complexity index is 2710. The van der Waals surface area contributed by atoms with E-state index in [1.165, 1.54) is 46.9 Å². The van der Waals surface area contributed by atoms with Crippen molar-refractivity contribution < 1.29 is 33.0 Å². The molecular weight excluding hydrogens is 856 g/mol. The van der Waals surface area contributed by atoms with E-state index < -0.39 is 18.2 Å². The van der Waals surface area contributed by atoms with E-state index in [4.69, 9.17) is 14.7 Å². The van der Waals surface area contributed by atoms with Gasteiger partial charge in [-0.3, -0.25) is 14.6 Å². The monoisotopic (exact) mass is 904 g/mol. The third-order valence-corrected chi connectivity index (χ3v) is 13.7. The molecule has 64 heavy (non-hydrogen) atoms. The summed E-state index contributed by atoms with van der Waals surface area (Å²) in [6, 6.07) is 21.6. The van der Waals surface area contributed by atoms with Crippen molar-refractivity contribution in [2.45, 2.75) is 50.9 Å². The standard InChI is InChI=1S/C41H44N8O6S2.C6H5F/c1-22(2)34(47-41(53)55-4)39(51)49-16-6-8-32(49)38-44-28-14-13-25(17-29(28)45-38)27-21-57-35-26(20-56-36(27)35)23-9-11-24(12-10-23)30-18-42-37(46-30)31-7-5-15-48(31)33(50)19-43-40(52)54-3;7-6-4-2-1-3-5-6/h5,7,9-14,17,20-22,30-32,34H,6,8,15-16,18-19H2,1-4H3,(H,42,46)(H,43,52)(H,44,45)(H,47,53);1-5H. The van der Waals surface area contributed by atoms with Gasteiger partial charge in [0, 0.05) is 35.0 Å². The van der Waals surface area contributed by atoms with Crippen LogP contribution in [0, 0.1) is 11.7 Å². The number of amidine groups is 1. The number of hydrogen-bond donors (Lipinski definition) is 4. The van der Waals surface area contributed by atoms with Crippen LogP contribution in [0.25, 0.3) is 42.7 Å². The fourth-order valence-electron chi connectivity index (χ4n) is 8.24. The normalized spacial score (nSPS) is 18.4. The molecule has 0 spiro atoms. The molecule has 3 aromatic heterocycles. The molecule has 6 aromatic rings. The van der Waals surface area contributed by atoms with Crippen molar-refractivity contribution in [1.82, 2.24) is 35.7 Å². The van der Waals surface area contributed by atoms with Gasteiger partial charge in [0.15, 0.2) is 0 Å². The molecule has 0 bridgehead atoms. The van der Waals surface area contributed by atoms with Gasteiger partial charge in [-0.1, -0.05) is 74.5 Å². The second-order valence-electron chi connectivity index (χ2n) is 16.0. The summed E-state index contributed by atoms with van der Waals surface area (Å²) in [6.07, 6.45) is 4.27. The second kappa shape index (κ2) is 19.4. The SMILES string of the molecule is COC(=O)NCC(=O)N1CC=CC1C1=NCC(c2ccc(-c3csc4c(-c5ccc6nc(C7CCCN7C(=O)C(NC(=O)OC)C(C)C)[nH]c6c5)csc34)cc2)N1.Fc1ccccc1. The Labute approximate surface area is 377 Å². The van der Waals surface area contributed by atoms with Gasteiger partial charge in [0.1, 0.15) is 36.1 Å². The zero-order valence-electron chi connectivity index (χ0n) is 35.8. The molecule has 3 aliphatic heterocycles. The summed E-state index contributed by atoms with van der Waals surface area (Å²) in [7, 11) is 2.56. The number of hydrogen-bond acceptors (Lipinski definition) is 11. The molecular formula is C47H49FN8O6S2. The van der Waals surface area contributed by atoms with Crippen molar-refractivity contribution in [3.05, 3.63) is 113 Å². The average Bonchev–Trinajstić information content (AvgIpc) is 4.17. The Hall–Kier alpha value is -6.59. The van der Waals surface area contributed by atoms with E-state index in [9.17, 15) is 23.6 Å². The number of thiophene rings is 2. The topological polar surface area (TPSA) is 170 Å². The zero-order chi connectivity index (χ0) is 44.9. The van der Waals surface area contributed by atoms with Crippen LogP contribution < -0.4 is 16.0 Å². The van der Waals surface area contributed by atoms with E-state index in [1.807, 2.05) is 37.0 Å². The van der Waals surface area contributed by atoms with Gasteiger partial charge in [0.2, 0.25) is 11.8 Å². The van der Waals surface area contributed by atoms with E-state index in [-0.39, 0.29) is 48.2 Å². The average molecular weight is 905 g/mol. The summed E-state index contributed by atoms with van der Waals surface area (Å²) < 4.78 is 23.7. The Morgan fingerprint density at radius 3 is 2.28 bits per heavy atom. The molecule has 0 radical (unpaired) electrons. The number of halogens is 1. The van der Waals surface area contributed by atoms with Crippen molar-refractivity contribution >= 4 is 72.9 Å². The lowest BCUT2D eigenvalue weighted by Crippen LogP contribution is -2.51. The number of likely N-dealkylation sites (tertiary alicyclic amines) is 1. The lowest BCUT2D eigenvalue weighted by atomic mass is 10.0. The fraction of sp³-hybridized carbons (Fsp3) is 0.319. The largest absolute Gasteiger partial charge is 0.453 e. The van der Waals surface area contributed by atoms with Crippen LogP contribution in [0.5, 0.6) is 0 Å². The molecule has 6 heterocycles. The first kappa shape index (κ1) is 44.0. The first-order valence-electron chi connectivity index (χ1n) is 21.1. The van der Waals surface area contributed by atoms with Crippen LogP contribution >= 0.6 is 22.7 Å². The Balaban J connectivity index is 0.000000731. The van der Waals surface area contributed by atoms with Crippen LogP contribution in [-0.4, -0.2) is 102 Å². The molecule has 4 N–H and O–H groups in total. The van der Waals surface area contributed by atoms with Crippen molar-refractivity contribution in [3.63, 3.8) is 0 Å². The molecule has 17 heteroatoms. The minimum Gasteiger partial charge on any atom is -0.453 e. The number of aliphatic imine (C=N–C) groups is 1. The van der Waals surface area contributed by atoms with E-state index >= 15 is 0 Å². The van der Waals surface area contributed by atoms with E-state index in [1.54, 1.807) is 45.8 Å². The van der Waals surface area contributed by atoms with E-state index in [0.29, 0.717) is 19.6 Å². The highest BCUT2D eigenvalue weighted by atomic mass is 32.1. The van der Waals surface area contributed by atoms with Crippen LogP contribution in [0.2, 0.25) is 0 Å². The number of carbonyl (C=O) groups excluding carboxylic acids is 4. The number of H-pyrrole nitrogens is 1. The van der Waals surface area contributed by atoms with Gasteiger partial charge in [0.05, 0.1) is 53.3 Å². The lowest BCUT2D eigenvalue weighted by molar-refractivity contribution is -0.135. The van der Waals surface area contributed by atoms with Gasteiger partial charge >= 0.3 is 12.2 Å². The molecule has 0 aliphatic carbocycles. The number of carbonyl (C=O) groups is 4. The molecule has 4 amide bonds. The summed E-state index contributed by atoms with van der Waals surface area (Å²) in [5.74, 6) is 0.859. The van der Waals surface area contributed by atoms with Crippen molar-refractivity contribution in [2.75, 3.05) is 40.4 Å². The van der Waals surface area contributed by atoms with Crippen LogP contribution in [0.15, 0.2) is 101 Å². The third kappa shape index (κ3) is 9.36. The summed E-state index contributed by atoms with van der Waals surface area (Å²) in [6.45, 7) is 5.28. The number of amides is 4. The number of aromatic nitrogens is 2. The Morgan fingerprint density at radius 1 is 0.906 bits per heavy atom. The predicted molar refractivity (Wildman–Crippen MR) is 248 cm³/mol. The number of methoxy groups -OCH3 is 2. The number of nitrogens with one attached hydrogen (secondary N) is 4. The third-order valence-electron chi connectivity index (χ3n) is 11.6. The maximum Gasteiger partial charge on any atom is 0.407 e. The summed E-state index contributed by atoms with van der Waals surface area (Å²) >= 11 is 3.47. The number of ether oxygens (including phenoxy) is 2. The fourth-order valence-corrected chi connectivity index (χ4v) is 10.7. The highest BCUT2D eigenvalue weighted by Gasteiger charge is 2.38. The smallest absolute Gasteiger partial charge is 0.407 e. The summed E-state index contributed by atoms with van der Waals surface area (Å²) in [5, 5.41) is 13.1. The number of nitrogens with zero attached hydrogens (tertiary/aromatic N) is 4. The minimum absolute atomic E-state index is 0.0142. The van der Waals surface area contributed by atoms with Crippen molar-refractivity contribution in [3.8, 4) is 22.3 Å². The number of rotatable bonds is 10. The van der Waals surface area contributed by atoms with Gasteiger partial charge in [0.25, 0.3) is 0 Å². The van der Waals surface area contributed by atoms with E-state index in [0.717, 1.165) is 52.2 Å². The number of fused-ring (bicyclic) bond motifs is 2. The highest BCUT2D eigenvalue weighted by Crippen LogP contribution is 2.45. The predicted octanol–water partition coefficient (Wildman–Crippen LogP) is 8.21. The highest BCUT2D eigenvalue weighted by molar-refractivity contribution is 7.27. The molecule has 0 saturated carbocycles. The number of aromatic amines is 1. The summed E-state index contributed by atoms with van der Waals surface area (Å²) in [4.78, 5) is 66.7. The van der Waals surface area contributed by atoms with Crippen LogP contribution in [0.4, 0.5) is 14.0 Å². The van der Waals surface area contributed by atoms with Crippen LogP contribution in [-0.2, 0) is 19.1 Å². The molecule has 1 saturated heterocycles. The van der Waals surface area contributed by atoms with Gasteiger partial charge in [-0.05, 0) is 59.7 Å². The molecule has 3 aromatic carbocycles.